The van der Waals surface area contributed by atoms with E-state index in [9.17, 15) is 0 Å². The number of fused-ring (bicyclic) bond motifs is 3. The summed E-state index contributed by atoms with van der Waals surface area (Å²) in [5.74, 6) is 1.80. The van der Waals surface area contributed by atoms with Crippen LogP contribution >= 0.6 is 0 Å². The Kier molecular flexibility index (Phi) is 8.12. The zero-order valence-corrected chi connectivity index (χ0v) is 29.8. The standard InChI is InChI=1S/C51H33N3O/c1-4-15-34(16-5-1)37-21-12-22-38(31-37)39-29-30-46-45(33-39)48-44(27-14-28-47(48)55-46)51-53-49(36-19-8-3-9-20-36)52-50(54-51)41-24-13-23-40(32-41)43-26-11-10-25-42(43)35-17-6-2-7-18-35/h1-33H. The zero-order valence-electron chi connectivity index (χ0n) is 29.8. The Labute approximate surface area is 319 Å². The topological polar surface area (TPSA) is 51.8 Å². The summed E-state index contributed by atoms with van der Waals surface area (Å²) in [5.41, 5.74) is 13.5. The summed E-state index contributed by atoms with van der Waals surface area (Å²) < 4.78 is 6.47. The van der Waals surface area contributed by atoms with Gasteiger partial charge in [0.1, 0.15) is 11.2 Å². The number of rotatable bonds is 7. The minimum absolute atomic E-state index is 0.587. The molecule has 258 valence electrons. The Morgan fingerprint density at radius 2 is 0.745 bits per heavy atom. The molecule has 0 aliphatic carbocycles. The second-order valence-electron chi connectivity index (χ2n) is 13.6. The number of benzene rings is 8. The number of aromatic nitrogens is 3. The van der Waals surface area contributed by atoms with Gasteiger partial charge in [0.2, 0.25) is 0 Å². The van der Waals surface area contributed by atoms with Crippen molar-refractivity contribution in [2.24, 2.45) is 0 Å². The molecule has 0 atom stereocenters. The van der Waals surface area contributed by atoms with Crippen LogP contribution in [0.15, 0.2) is 205 Å². The van der Waals surface area contributed by atoms with Gasteiger partial charge in [0.15, 0.2) is 17.5 Å². The van der Waals surface area contributed by atoms with E-state index in [4.69, 9.17) is 19.4 Å². The average Bonchev–Trinajstić information content (AvgIpc) is 3.66. The predicted octanol–water partition coefficient (Wildman–Crippen LogP) is 13.4. The lowest BCUT2D eigenvalue weighted by Gasteiger charge is -2.12. The van der Waals surface area contributed by atoms with Crippen molar-refractivity contribution in [3.05, 3.63) is 200 Å². The molecule has 0 radical (unpaired) electrons. The molecule has 0 unspecified atom stereocenters. The van der Waals surface area contributed by atoms with Crippen molar-refractivity contribution in [3.8, 4) is 78.7 Å². The number of hydrogen-bond acceptors (Lipinski definition) is 4. The van der Waals surface area contributed by atoms with Gasteiger partial charge in [0.25, 0.3) is 0 Å². The second-order valence-corrected chi connectivity index (χ2v) is 13.6. The highest BCUT2D eigenvalue weighted by Crippen LogP contribution is 2.39. The Hall–Kier alpha value is -7.43. The van der Waals surface area contributed by atoms with Crippen LogP contribution in [0.2, 0.25) is 0 Å². The molecule has 2 heterocycles. The molecule has 0 bridgehead atoms. The van der Waals surface area contributed by atoms with Gasteiger partial charge in [-0.05, 0) is 74.8 Å². The fourth-order valence-electron chi connectivity index (χ4n) is 7.47. The summed E-state index contributed by atoms with van der Waals surface area (Å²) in [6, 6.07) is 69.3. The van der Waals surface area contributed by atoms with E-state index >= 15 is 0 Å². The maximum absolute atomic E-state index is 6.47. The van der Waals surface area contributed by atoms with E-state index in [0.717, 1.165) is 60.9 Å². The maximum Gasteiger partial charge on any atom is 0.164 e. The quantitative estimate of drug-likeness (QED) is 0.166. The normalized spacial score (nSPS) is 11.3. The molecule has 0 saturated carbocycles. The van der Waals surface area contributed by atoms with Crippen molar-refractivity contribution in [1.82, 2.24) is 15.0 Å². The van der Waals surface area contributed by atoms with E-state index in [2.05, 4.69) is 146 Å². The highest BCUT2D eigenvalue weighted by molar-refractivity contribution is 6.12. The minimum Gasteiger partial charge on any atom is -0.456 e. The van der Waals surface area contributed by atoms with Gasteiger partial charge in [0.05, 0.1) is 0 Å². The molecule has 0 aliphatic rings. The molecule has 0 N–H and O–H groups in total. The van der Waals surface area contributed by atoms with Crippen molar-refractivity contribution in [3.63, 3.8) is 0 Å². The third-order valence-electron chi connectivity index (χ3n) is 10.2. The summed E-state index contributed by atoms with van der Waals surface area (Å²) >= 11 is 0. The first-order valence-corrected chi connectivity index (χ1v) is 18.4. The molecule has 2 aromatic heterocycles. The fraction of sp³-hybridized carbons (Fsp3) is 0. The van der Waals surface area contributed by atoms with Crippen LogP contribution in [-0.4, -0.2) is 15.0 Å². The van der Waals surface area contributed by atoms with Crippen LogP contribution in [-0.2, 0) is 0 Å². The van der Waals surface area contributed by atoms with Crippen molar-refractivity contribution in [2.45, 2.75) is 0 Å². The van der Waals surface area contributed by atoms with E-state index < -0.39 is 0 Å². The van der Waals surface area contributed by atoms with Gasteiger partial charge in [-0.1, -0.05) is 170 Å². The van der Waals surface area contributed by atoms with Gasteiger partial charge in [-0.25, -0.2) is 15.0 Å². The van der Waals surface area contributed by atoms with E-state index in [0.29, 0.717) is 17.5 Å². The van der Waals surface area contributed by atoms with E-state index in [-0.39, 0.29) is 0 Å². The average molecular weight is 704 g/mol. The SMILES string of the molecule is c1ccc(-c2cccc(-c3ccc4oc5cccc(-c6nc(-c7ccccc7)nc(-c7cccc(-c8ccccc8-c8ccccc8)c7)n6)c5c4c3)c2)cc1. The molecule has 0 spiro atoms. The highest BCUT2D eigenvalue weighted by atomic mass is 16.3. The Balaban J connectivity index is 1.13. The summed E-state index contributed by atoms with van der Waals surface area (Å²) in [7, 11) is 0. The summed E-state index contributed by atoms with van der Waals surface area (Å²) in [6.07, 6.45) is 0. The highest BCUT2D eigenvalue weighted by Gasteiger charge is 2.19. The van der Waals surface area contributed by atoms with E-state index in [1.165, 1.54) is 22.3 Å². The lowest BCUT2D eigenvalue weighted by Crippen LogP contribution is -2.00. The molecule has 10 aromatic rings. The van der Waals surface area contributed by atoms with Crippen LogP contribution in [0.4, 0.5) is 0 Å². The van der Waals surface area contributed by atoms with Crippen LogP contribution in [0.5, 0.6) is 0 Å². The van der Waals surface area contributed by atoms with Crippen molar-refractivity contribution < 1.29 is 4.42 Å². The molecule has 0 saturated heterocycles. The van der Waals surface area contributed by atoms with Crippen LogP contribution in [0.1, 0.15) is 0 Å². The first kappa shape index (κ1) is 32.2. The monoisotopic (exact) mass is 703 g/mol. The van der Waals surface area contributed by atoms with Gasteiger partial charge in [0, 0.05) is 27.5 Å². The molecule has 0 amide bonds. The summed E-state index contributed by atoms with van der Waals surface area (Å²) in [4.78, 5) is 15.4. The van der Waals surface area contributed by atoms with Crippen LogP contribution in [0.3, 0.4) is 0 Å². The Bertz CT molecular complexity index is 2970. The smallest absolute Gasteiger partial charge is 0.164 e. The second kappa shape index (κ2) is 13.8. The fourth-order valence-corrected chi connectivity index (χ4v) is 7.47. The van der Waals surface area contributed by atoms with Crippen molar-refractivity contribution >= 4 is 21.9 Å². The molecule has 4 heteroatoms. The maximum atomic E-state index is 6.47. The molecule has 0 fully saturated rings. The number of hydrogen-bond donors (Lipinski definition) is 0. The molecule has 8 aromatic carbocycles. The molecule has 0 aliphatic heterocycles. The molecular formula is C51H33N3O. The van der Waals surface area contributed by atoms with Crippen LogP contribution in [0, 0.1) is 0 Å². The molecule has 55 heavy (non-hydrogen) atoms. The number of nitrogens with zero attached hydrogens (tertiary/aromatic N) is 3. The lowest BCUT2D eigenvalue weighted by molar-refractivity contribution is 0.669. The first-order valence-electron chi connectivity index (χ1n) is 18.4. The van der Waals surface area contributed by atoms with Crippen LogP contribution in [0.25, 0.3) is 101 Å². The molecule has 10 rings (SSSR count). The van der Waals surface area contributed by atoms with Gasteiger partial charge in [-0.2, -0.15) is 0 Å². The van der Waals surface area contributed by atoms with Gasteiger partial charge in [-0.3, -0.25) is 0 Å². The van der Waals surface area contributed by atoms with E-state index in [1.54, 1.807) is 0 Å². The molecular weight excluding hydrogens is 671 g/mol. The van der Waals surface area contributed by atoms with Gasteiger partial charge < -0.3 is 4.42 Å². The third kappa shape index (κ3) is 6.16. The van der Waals surface area contributed by atoms with Crippen molar-refractivity contribution in [1.29, 1.82) is 0 Å². The van der Waals surface area contributed by atoms with E-state index in [1.807, 2.05) is 54.6 Å². The molecule has 4 nitrogen and oxygen atoms in total. The van der Waals surface area contributed by atoms with Gasteiger partial charge in [-0.15, -0.1) is 0 Å². The zero-order chi connectivity index (χ0) is 36.6. The number of furan rings is 1. The van der Waals surface area contributed by atoms with Crippen molar-refractivity contribution in [2.75, 3.05) is 0 Å². The van der Waals surface area contributed by atoms with Gasteiger partial charge >= 0.3 is 0 Å². The largest absolute Gasteiger partial charge is 0.456 e. The third-order valence-corrected chi connectivity index (χ3v) is 10.2. The predicted molar refractivity (Wildman–Crippen MR) is 225 cm³/mol. The summed E-state index contributed by atoms with van der Waals surface area (Å²) in [5, 5.41) is 1.98. The van der Waals surface area contributed by atoms with Crippen LogP contribution < -0.4 is 0 Å². The first-order chi connectivity index (χ1) is 27.2. The summed E-state index contributed by atoms with van der Waals surface area (Å²) in [6.45, 7) is 0. The Morgan fingerprint density at radius 3 is 1.47 bits per heavy atom. The Morgan fingerprint density at radius 1 is 0.273 bits per heavy atom. The lowest BCUT2D eigenvalue weighted by atomic mass is 9.93. The minimum atomic E-state index is 0.587.